The third kappa shape index (κ3) is 4.75. The Morgan fingerprint density at radius 1 is 0.923 bits per heavy atom. The van der Waals surface area contributed by atoms with Crippen LogP contribution < -0.4 is 14.2 Å². The van der Waals surface area contributed by atoms with Gasteiger partial charge >= 0.3 is 5.97 Å². The fourth-order valence-corrected chi connectivity index (χ4v) is 2.45. The van der Waals surface area contributed by atoms with E-state index >= 15 is 0 Å². The predicted octanol–water partition coefficient (Wildman–Crippen LogP) is 3.13. The van der Waals surface area contributed by atoms with Crippen LogP contribution in [-0.2, 0) is 9.53 Å². The van der Waals surface area contributed by atoms with Gasteiger partial charge in [0.2, 0.25) is 5.78 Å². The number of Topliss-reactive ketones (excluding diaryl/α,β-unsaturated/α-hetero) is 1. The quantitative estimate of drug-likeness (QED) is 0.533. The zero-order valence-corrected chi connectivity index (χ0v) is 15.3. The molecule has 0 unspecified atom stereocenters. The van der Waals surface area contributed by atoms with Gasteiger partial charge in [-0.15, -0.1) is 0 Å². The van der Waals surface area contributed by atoms with Gasteiger partial charge in [0.25, 0.3) is 0 Å². The van der Waals surface area contributed by atoms with Crippen LogP contribution in [0.5, 0.6) is 17.2 Å². The molecule has 0 saturated heterocycles. The molecule has 0 aliphatic carbocycles. The molecule has 0 heterocycles. The van der Waals surface area contributed by atoms with Gasteiger partial charge < -0.3 is 18.9 Å². The highest BCUT2D eigenvalue weighted by Gasteiger charge is 2.16. The summed E-state index contributed by atoms with van der Waals surface area (Å²) in [5.41, 5.74) is 2.17. The summed E-state index contributed by atoms with van der Waals surface area (Å²) in [5.74, 6) is 0.584. The Bertz CT molecular complexity index is 777. The fraction of sp³-hybridized carbons (Fsp3) is 0.300. The number of hydrogen-bond acceptors (Lipinski definition) is 6. The zero-order valence-electron chi connectivity index (χ0n) is 15.3. The number of para-hydroxylation sites is 1. The summed E-state index contributed by atoms with van der Waals surface area (Å²) in [6.07, 6.45) is 0. The van der Waals surface area contributed by atoms with E-state index in [9.17, 15) is 9.59 Å². The normalized spacial score (nSPS) is 10.2. The Labute approximate surface area is 152 Å². The number of ketones is 1. The molecule has 0 atom stereocenters. The van der Waals surface area contributed by atoms with E-state index in [1.807, 2.05) is 32.0 Å². The highest BCUT2D eigenvalue weighted by Crippen LogP contribution is 2.25. The number of esters is 1. The molecule has 0 spiro atoms. The minimum Gasteiger partial charge on any atom is -0.497 e. The third-order valence-electron chi connectivity index (χ3n) is 3.82. The van der Waals surface area contributed by atoms with E-state index in [0.717, 1.165) is 11.1 Å². The van der Waals surface area contributed by atoms with Gasteiger partial charge in [-0.25, -0.2) is 4.79 Å². The van der Waals surface area contributed by atoms with Gasteiger partial charge in [-0.05, 0) is 37.1 Å². The lowest BCUT2D eigenvalue weighted by Gasteiger charge is -2.12. The average Bonchev–Trinajstić information content (AvgIpc) is 2.65. The molecule has 0 aliphatic heterocycles. The van der Waals surface area contributed by atoms with Crippen LogP contribution in [0.2, 0.25) is 0 Å². The van der Waals surface area contributed by atoms with Crippen LogP contribution >= 0.6 is 0 Å². The first kappa shape index (κ1) is 19.3. The first-order chi connectivity index (χ1) is 12.5. The van der Waals surface area contributed by atoms with Crippen molar-refractivity contribution in [2.24, 2.45) is 0 Å². The van der Waals surface area contributed by atoms with Crippen molar-refractivity contribution in [2.75, 3.05) is 27.4 Å². The first-order valence-corrected chi connectivity index (χ1v) is 8.06. The SMILES string of the molecule is COc1ccc(C(=O)COC(=O)COc2c(C)cccc2C)c(OC)c1. The Morgan fingerprint density at radius 3 is 2.23 bits per heavy atom. The minimum atomic E-state index is -0.617. The molecule has 2 rings (SSSR count). The summed E-state index contributed by atoms with van der Waals surface area (Å²) in [4.78, 5) is 24.2. The van der Waals surface area contributed by atoms with Crippen LogP contribution in [0.1, 0.15) is 21.5 Å². The predicted molar refractivity (Wildman–Crippen MR) is 96.2 cm³/mol. The molecule has 0 amide bonds. The molecule has 2 aromatic rings. The molecular formula is C20H22O6. The van der Waals surface area contributed by atoms with E-state index in [1.165, 1.54) is 14.2 Å². The molecule has 0 radical (unpaired) electrons. The highest BCUT2D eigenvalue weighted by molar-refractivity contribution is 6.00. The summed E-state index contributed by atoms with van der Waals surface area (Å²) in [6, 6.07) is 10.5. The zero-order chi connectivity index (χ0) is 19.1. The van der Waals surface area contributed by atoms with Crippen molar-refractivity contribution >= 4 is 11.8 Å². The van der Waals surface area contributed by atoms with Crippen molar-refractivity contribution in [3.8, 4) is 17.2 Å². The van der Waals surface area contributed by atoms with E-state index in [0.29, 0.717) is 22.8 Å². The molecule has 6 heteroatoms. The number of carbonyl (C=O) groups is 2. The number of aryl methyl sites for hydroxylation is 2. The second-order valence-electron chi connectivity index (χ2n) is 5.66. The first-order valence-electron chi connectivity index (χ1n) is 8.06. The third-order valence-corrected chi connectivity index (χ3v) is 3.82. The van der Waals surface area contributed by atoms with Gasteiger partial charge in [-0.3, -0.25) is 4.79 Å². The summed E-state index contributed by atoms with van der Waals surface area (Å²) in [7, 11) is 2.98. The van der Waals surface area contributed by atoms with Crippen molar-refractivity contribution in [3.63, 3.8) is 0 Å². The summed E-state index contributed by atoms with van der Waals surface area (Å²) in [6.45, 7) is 3.14. The Hall–Kier alpha value is -3.02. The van der Waals surface area contributed by atoms with E-state index in [4.69, 9.17) is 18.9 Å². The highest BCUT2D eigenvalue weighted by atomic mass is 16.6. The van der Waals surface area contributed by atoms with Gasteiger partial charge in [-0.1, -0.05) is 18.2 Å². The van der Waals surface area contributed by atoms with Crippen molar-refractivity contribution in [1.82, 2.24) is 0 Å². The topological polar surface area (TPSA) is 71.1 Å². The molecule has 0 fully saturated rings. The maximum atomic E-state index is 12.3. The smallest absolute Gasteiger partial charge is 0.344 e. The lowest BCUT2D eigenvalue weighted by molar-refractivity contribution is -0.144. The van der Waals surface area contributed by atoms with Crippen LogP contribution in [0.4, 0.5) is 0 Å². The van der Waals surface area contributed by atoms with Crippen LogP contribution in [0.15, 0.2) is 36.4 Å². The molecule has 2 aromatic carbocycles. The van der Waals surface area contributed by atoms with Crippen molar-refractivity contribution in [1.29, 1.82) is 0 Å². The maximum absolute atomic E-state index is 12.3. The second-order valence-corrected chi connectivity index (χ2v) is 5.66. The number of hydrogen-bond donors (Lipinski definition) is 0. The van der Waals surface area contributed by atoms with E-state index in [2.05, 4.69) is 0 Å². The van der Waals surface area contributed by atoms with Crippen molar-refractivity contribution in [3.05, 3.63) is 53.1 Å². The van der Waals surface area contributed by atoms with Gasteiger partial charge in [0, 0.05) is 6.07 Å². The summed E-state index contributed by atoms with van der Waals surface area (Å²) < 4.78 is 20.8. The Balaban J connectivity index is 1.92. The van der Waals surface area contributed by atoms with E-state index in [-0.39, 0.29) is 12.4 Å². The van der Waals surface area contributed by atoms with E-state index in [1.54, 1.807) is 18.2 Å². The van der Waals surface area contributed by atoms with Gasteiger partial charge in [0.1, 0.15) is 17.2 Å². The maximum Gasteiger partial charge on any atom is 0.344 e. The number of carbonyl (C=O) groups excluding carboxylic acids is 2. The molecule has 0 N–H and O–H groups in total. The lowest BCUT2D eigenvalue weighted by atomic mass is 10.1. The van der Waals surface area contributed by atoms with Gasteiger partial charge in [0.15, 0.2) is 13.2 Å². The summed E-state index contributed by atoms with van der Waals surface area (Å²) in [5, 5.41) is 0. The fourth-order valence-electron chi connectivity index (χ4n) is 2.45. The lowest BCUT2D eigenvalue weighted by Crippen LogP contribution is -2.20. The number of methoxy groups -OCH3 is 2. The minimum absolute atomic E-state index is 0.265. The molecule has 0 saturated carbocycles. The van der Waals surface area contributed by atoms with Crippen LogP contribution in [0.25, 0.3) is 0 Å². The number of ether oxygens (including phenoxy) is 4. The molecular weight excluding hydrogens is 336 g/mol. The van der Waals surface area contributed by atoms with Crippen molar-refractivity contribution in [2.45, 2.75) is 13.8 Å². The average molecular weight is 358 g/mol. The van der Waals surface area contributed by atoms with Gasteiger partial charge in [-0.2, -0.15) is 0 Å². The monoisotopic (exact) mass is 358 g/mol. The molecule has 26 heavy (non-hydrogen) atoms. The van der Waals surface area contributed by atoms with Crippen LogP contribution in [0.3, 0.4) is 0 Å². The van der Waals surface area contributed by atoms with E-state index < -0.39 is 12.6 Å². The standard InChI is InChI=1S/C20H22O6/c1-13-6-5-7-14(2)20(13)26-12-19(22)25-11-17(21)16-9-8-15(23-3)10-18(16)24-4/h5-10H,11-12H2,1-4H3. The van der Waals surface area contributed by atoms with Crippen LogP contribution in [-0.4, -0.2) is 39.2 Å². The summed E-state index contributed by atoms with van der Waals surface area (Å²) >= 11 is 0. The van der Waals surface area contributed by atoms with Gasteiger partial charge in [0.05, 0.1) is 19.8 Å². The number of rotatable bonds is 8. The van der Waals surface area contributed by atoms with Crippen molar-refractivity contribution < 1.29 is 28.5 Å². The Morgan fingerprint density at radius 2 is 1.62 bits per heavy atom. The van der Waals surface area contributed by atoms with Crippen LogP contribution in [0, 0.1) is 13.8 Å². The second kappa shape index (κ2) is 8.89. The Kier molecular flexibility index (Phi) is 6.60. The number of benzene rings is 2. The largest absolute Gasteiger partial charge is 0.497 e. The molecule has 0 aromatic heterocycles. The molecule has 0 aliphatic rings. The molecule has 6 nitrogen and oxygen atoms in total. The molecule has 138 valence electrons. The molecule has 0 bridgehead atoms.